The maximum atomic E-state index is 6.00. The first kappa shape index (κ1) is 11.4. The number of para-hydroxylation sites is 2. The highest BCUT2D eigenvalue weighted by molar-refractivity contribution is 5.75. The van der Waals surface area contributed by atoms with Crippen LogP contribution in [0.2, 0.25) is 0 Å². The lowest BCUT2D eigenvalue weighted by atomic mass is 10.1. The van der Waals surface area contributed by atoms with Crippen LogP contribution in [0.4, 0.5) is 5.82 Å². The number of anilines is 1. The molecule has 1 aliphatic heterocycles. The van der Waals surface area contributed by atoms with E-state index in [-0.39, 0.29) is 0 Å². The molecule has 2 N–H and O–H groups in total. The summed E-state index contributed by atoms with van der Waals surface area (Å²) < 4.78 is 0. The normalized spacial score (nSPS) is 20.9. The topological polar surface area (TPSA) is 55.0 Å². The second-order valence-electron chi connectivity index (χ2n) is 4.89. The molecular weight excluding hydrogens is 224 g/mol. The van der Waals surface area contributed by atoms with Crippen LogP contribution in [0.25, 0.3) is 11.0 Å². The predicted molar refractivity (Wildman–Crippen MR) is 73.6 cm³/mol. The molecule has 0 radical (unpaired) electrons. The van der Waals surface area contributed by atoms with Gasteiger partial charge in [0.25, 0.3) is 0 Å². The minimum absolute atomic E-state index is 0.336. The van der Waals surface area contributed by atoms with E-state index >= 15 is 0 Å². The Labute approximate surface area is 107 Å². The number of fused-ring (bicyclic) bond motifs is 1. The fraction of sp³-hybridized carbons (Fsp3) is 0.429. The zero-order chi connectivity index (χ0) is 12.4. The second kappa shape index (κ2) is 4.90. The number of rotatable bonds is 1. The van der Waals surface area contributed by atoms with Crippen molar-refractivity contribution in [1.29, 1.82) is 0 Å². The fourth-order valence-corrected chi connectivity index (χ4v) is 2.45. The molecule has 1 saturated heterocycles. The quantitative estimate of drug-likeness (QED) is 0.830. The Kier molecular flexibility index (Phi) is 3.11. The van der Waals surface area contributed by atoms with E-state index < -0.39 is 0 Å². The van der Waals surface area contributed by atoms with Gasteiger partial charge in [0.2, 0.25) is 0 Å². The smallest absolute Gasteiger partial charge is 0.147 e. The molecule has 0 bridgehead atoms. The van der Waals surface area contributed by atoms with E-state index in [2.05, 4.69) is 14.9 Å². The molecule has 0 saturated carbocycles. The van der Waals surface area contributed by atoms with Gasteiger partial charge in [-0.3, -0.25) is 4.98 Å². The maximum absolute atomic E-state index is 6.00. The van der Waals surface area contributed by atoms with Crippen molar-refractivity contribution in [2.24, 2.45) is 5.73 Å². The zero-order valence-electron chi connectivity index (χ0n) is 10.4. The van der Waals surface area contributed by atoms with Crippen LogP contribution in [0.3, 0.4) is 0 Å². The fourth-order valence-electron chi connectivity index (χ4n) is 2.45. The zero-order valence-corrected chi connectivity index (χ0v) is 10.4. The van der Waals surface area contributed by atoms with Gasteiger partial charge in [-0.2, -0.15) is 0 Å². The van der Waals surface area contributed by atoms with Gasteiger partial charge in [-0.05, 0) is 31.4 Å². The molecule has 1 unspecified atom stereocenters. The summed E-state index contributed by atoms with van der Waals surface area (Å²) in [4.78, 5) is 11.5. The predicted octanol–water partition coefficient (Wildman–Crippen LogP) is 1.95. The van der Waals surface area contributed by atoms with Crippen molar-refractivity contribution in [3.8, 4) is 0 Å². The van der Waals surface area contributed by atoms with Crippen LogP contribution in [0.1, 0.15) is 19.3 Å². The minimum Gasteiger partial charge on any atom is -0.355 e. The molecule has 94 valence electrons. The molecule has 1 aromatic carbocycles. The summed E-state index contributed by atoms with van der Waals surface area (Å²) in [6.45, 7) is 2.01. The molecule has 3 rings (SSSR count). The first-order valence-electron chi connectivity index (χ1n) is 6.55. The van der Waals surface area contributed by atoms with Gasteiger partial charge in [0.1, 0.15) is 5.82 Å². The third kappa shape index (κ3) is 2.29. The van der Waals surface area contributed by atoms with Crippen molar-refractivity contribution in [3.63, 3.8) is 0 Å². The maximum Gasteiger partial charge on any atom is 0.147 e. The number of benzene rings is 1. The summed E-state index contributed by atoms with van der Waals surface area (Å²) in [7, 11) is 0. The van der Waals surface area contributed by atoms with Crippen LogP contribution < -0.4 is 10.6 Å². The third-order valence-corrected chi connectivity index (χ3v) is 3.53. The molecule has 4 nitrogen and oxygen atoms in total. The van der Waals surface area contributed by atoms with Crippen molar-refractivity contribution in [1.82, 2.24) is 9.97 Å². The summed E-state index contributed by atoms with van der Waals surface area (Å²) in [5.41, 5.74) is 7.92. The Morgan fingerprint density at radius 2 is 1.94 bits per heavy atom. The lowest BCUT2D eigenvalue weighted by molar-refractivity contribution is 0.601. The van der Waals surface area contributed by atoms with E-state index in [1.807, 2.05) is 30.5 Å². The highest BCUT2D eigenvalue weighted by atomic mass is 15.2. The van der Waals surface area contributed by atoms with Crippen LogP contribution in [0, 0.1) is 0 Å². The second-order valence-corrected chi connectivity index (χ2v) is 4.89. The van der Waals surface area contributed by atoms with E-state index in [1.54, 1.807) is 0 Å². The number of aromatic nitrogens is 2. The molecule has 4 heteroatoms. The Morgan fingerprint density at radius 1 is 1.11 bits per heavy atom. The highest BCUT2D eigenvalue weighted by Gasteiger charge is 2.15. The van der Waals surface area contributed by atoms with Gasteiger partial charge in [0, 0.05) is 19.1 Å². The number of nitrogens with zero attached hydrogens (tertiary/aromatic N) is 3. The van der Waals surface area contributed by atoms with Crippen LogP contribution >= 0.6 is 0 Å². The van der Waals surface area contributed by atoms with Crippen LogP contribution in [0.15, 0.2) is 30.5 Å². The molecule has 0 amide bonds. The van der Waals surface area contributed by atoms with E-state index in [1.165, 1.54) is 0 Å². The van der Waals surface area contributed by atoms with Crippen LogP contribution in [-0.2, 0) is 0 Å². The van der Waals surface area contributed by atoms with Gasteiger partial charge in [0.05, 0.1) is 17.2 Å². The average molecular weight is 242 g/mol. The largest absolute Gasteiger partial charge is 0.355 e. The molecular formula is C14H18N4. The molecule has 0 spiro atoms. The van der Waals surface area contributed by atoms with Gasteiger partial charge in [-0.1, -0.05) is 12.1 Å². The molecule has 0 aliphatic carbocycles. The van der Waals surface area contributed by atoms with E-state index in [4.69, 9.17) is 5.73 Å². The average Bonchev–Trinajstić information content (AvgIpc) is 2.63. The summed E-state index contributed by atoms with van der Waals surface area (Å²) in [5, 5.41) is 0. The van der Waals surface area contributed by atoms with Crippen LogP contribution in [0.5, 0.6) is 0 Å². The first-order chi connectivity index (χ1) is 8.83. The summed E-state index contributed by atoms with van der Waals surface area (Å²) in [6, 6.07) is 8.32. The Bertz CT molecular complexity index is 540. The first-order valence-corrected chi connectivity index (χ1v) is 6.55. The lowest BCUT2D eigenvalue weighted by Gasteiger charge is -2.21. The van der Waals surface area contributed by atoms with Gasteiger partial charge >= 0.3 is 0 Å². The summed E-state index contributed by atoms with van der Waals surface area (Å²) in [6.07, 6.45) is 5.15. The lowest BCUT2D eigenvalue weighted by Crippen LogP contribution is -2.27. The summed E-state index contributed by atoms with van der Waals surface area (Å²) >= 11 is 0. The number of hydrogen-bond acceptors (Lipinski definition) is 4. The Hall–Kier alpha value is -1.68. The van der Waals surface area contributed by atoms with E-state index in [9.17, 15) is 0 Å². The molecule has 1 aromatic heterocycles. The summed E-state index contributed by atoms with van der Waals surface area (Å²) in [5.74, 6) is 0.975. The van der Waals surface area contributed by atoms with Gasteiger partial charge in [-0.15, -0.1) is 0 Å². The minimum atomic E-state index is 0.336. The number of nitrogens with two attached hydrogens (primary N) is 1. The van der Waals surface area contributed by atoms with E-state index in [0.29, 0.717) is 6.04 Å². The Morgan fingerprint density at radius 3 is 2.83 bits per heavy atom. The van der Waals surface area contributed by atoms with Crippen LogP contribution in [-0.4, -0.2) is 29.1 Å². The molecule has 18 heavy (non-hydrogen) atoms. The Balaban J connectivity index is 1.89. The molecule has 1 aliphatic rings. The van der Waals surface area contributed by atoms with Crippen molar-refractivity contribution in [3.05, 3.63) is 30.5 Å². The van der Waals surface area contributed by atoms with E-state index in [0.717, 1.165) is 49.2 Å². The van der Waals surface area contributed by atoms with Crippen molar-refractivity contribution < 1.29 is 0 Å². The molecule has 1 atom stereocenters. The number of hydrogen-bond donors (Lipinski definition) is 1. The van der Waals surface area contributed by atoms with Gasteiger partial charge in [-0.25, -0.2) is 4.98 Å². The van der Waals surface area contributed by atoms with Crippen molar-refractivity contribution in [2.75, 3.05) is 18.0 Å². The molecule has 2 heterocycles. The van der Waals surface area contributed by atoms with Crippen molar-refractivity contribution >= 4 is 16.9 Å². The highest BCUT2D eigenvalue weighted by Crippen LogP contribution is 2.18. The van der Waals surface area contributed by atoms with Crippen molar-refractivity contribution in [2.45, 2.75) is 25.3 Å². The van der Waals surface area contributed by atoms with Gasteiger partial charge in [0.15, 0.2) is 0 Å². The SMILES string of the molecule is NC1CCCN(c2cnc3ccccc3n2)CC1. The molecule has 2 aromatic rings. The molecule has 1 fully saturated rings. The third-order valence-electron chi connectivity index (χ3n) is 3.53. The van der Waals surface area contributed by atoms with Gasteiger partial charge < -0.3 is 10.6 Å². The monoisotopic (exact) mass is 242 g/mol. The standard InChI is InChI=1S/C14H18N4/c15-11-4-3-8-18(9-7-11)14-10-16-12-5-1-2-6-13(12)17-14/h1-2,5-6,10-11H,3-4,7-9,15H2.